The Morgan fingerprint density at radius 2 is 1.42 bits per heavy atom. The molecule has 3 amide bonds. The summed E-state index contributed by atoms with van der Waals surface area (Å²) in [7, 11) is 0. The van der Waals surface area contributed by atoms with Gasteiger partial charge in [0.15, 0.2) is 0 Å². The van der Waals surface area contributed by atoms with Gasteiger partial charge < -0.3 is 47.7 Å². The zero-order chi connectivity index (χ0) is 32.9. The Morgan fingerprint density at radius 1 is 0.778 bits per heavy atom. The minimum Gasteiger partial charge on any atom is -0.508 e. The number of carbonyl (C=O) groups is 5. The highest BCUT2D eigenvalue weighted by Crippen LogP contribution is 2.20. The number of fused-ring (bicyclic) bond motifs is 1. The molecule has 0 radical (unpaired) electrons. The number of unbranched alkanes of at least 4 members (excludes halogenated alkanes) is 1. The smallest absolute Gasteiger partial charge is 0.326 e. The van der Waals surface area contributed by atoms with Crippen LogP contribution in [0.4, 0.5) is 0 Å². The zero-order valence-electron chi connectivity index (χ0n) is 24.7. The highest BCUT2D eigenvalue weighted by Gasteiger charge is 2.31. The monoisotopic (exact) mass is 624 g/mol. The maximum atomic E-state index is 13.6. The predicted molar refractivity (Wildman–Crippen MR) is 165 cm³/mol. The quantitative estimate of drug-likeness (QED) is 0.0887. The normalized spacial score (nSPS) is 13.7. The lowest BCUT2D eigenvalue weighted by Gasteiger charge is -2.25. The number of phenols is 1. The Balaban J connectivity index is 1.81. The number of nitrogens with one attached hydrogen (secondary N) is 4. The molecule has 14 heteroatoms. The van der Waals surface area contributed by atoms with Crippen LogP contribution in [0.1, 0.15) is 43.2 Å². The molecule has 242 valence electrons. The van der Waals surface area contributed by atoms with Crippen LogP contribution >= 0.6 is 0 Å². The summed E-state index contributed by atoms with van der Waals surface area (Å²) >= 11 is 0. The third kappa shape index (κ3) is 10.6. The predicted octanol–water partition coefficient (Wildman–Crippen LogP) is 0.519. The van der Waals surface area contributed by atoms with Gasteiger partial charge in [-0.05, 0) is 68.0 Å². The molecule has 4 atom stereocenters. The Labute approximate surface area is 259 Å². The van der Waals surface area contributed by atoms with E-state index in [0.29, 0.717) is 30.5 Å². The van der Waals surface area contributed by atoms with Crippen molar-refractivity contribution >= 4 is 40.6 Å². The molecule has 3 aromatic rings. The van der Waals surface area contributed by atoms with Gasteiger partial charge in [0.25, 0.3) is 0 Å². The summed E-state index contributed by atoms with van der Waals surface area (Å²) in [5, 5.41) is 36.6. The molecule has 0 saturated carbocycles. The summed E-state index contributed by atoms with van der Waals surface area (Å²) < 4.78 is 0. The van der Waals surface area contributed by atoms with Crippen molar-refractivity contribution in [3.8, 4) is 5.75 Å². The standard InChI is InChI=1S/C31H40N6O8/c32-14-4-3-7-24(35-28(41)22(33)15-18-8-10-20(38)11-9-18)29(42)37-26(16-19-17-34-23-6-2-1-5-21(19)23)30(43)36-25(31(44)45)12-13-27(39)40/h1-2,5-6,8-11,17,22,24-26,34,38H,3-4,7,12-16,32-33H2,(H,35,41)(H,36,43)(H,37,42)(H,39,40)(H,44,45). The van der Waals surface area contributed by atoms with Crippen LogP contribution in [0.2, 0.25) is 0 Å². The topological polar surface area (TPSA) is 250 Å². The molecule has 4 unspecified atom stereocenters. The number of nitrogens with two attached hydrogens (primary N) is 2. The summed E-state index contributed by atoms with van der Waals surface area (Å²) in [6.07, 6.45) is 2.19. The Hall–Kier alpha value is -4.95. The fraction of sp³-hybridized carbons (Fsp3) is 0.387. The number of carbonyl (C=O) groups excluding carboxylic acids is 3. The average molecular weight is 625 g/mol. The van der Waals surface area contributed by atoms with Crippen molar-refractivity contribution in [3.63, 3.8) is 0 Å². The molecule has 14 nitrogen and oxygen atoms in total. The molecule has 1 aromatic heterocycles. The Kier molecular flexibility index (Phi) is 12.9. The number of para-hydroxylation sites is 1. The van der Waals surface area contributed by atoms with E-state index in [4.69, 9.17) is 16.6 Å². The van der Waals surface area contributed by atoms with Crippen LogP contribution in [0.3, 0.4) is 0 Å². The van der Waals surface area contributed by atoms with Crippen LogP contribution in [0.25, 0.3) is 10.9 Å². The molecule has 0 saturated heterocycles. The number of carboxylic acids is 2. The molecule has 0 aliphatic rings. The SMILES string of the molecule is NCCCCC(NC(=O)C(N)Cc1ccc(O)cc1)C(=O)NC(Cc1c[nH]c2ccccc12)C(=O)NC(CCC(=O)O)C(=O)O. The molecule has 0 aliphatic carbocycles. The molecule has 45 heavy (non-hydrogen) atoms. The summed E-state index contributed by atoms with van der Waals surface area (Å²) in [4.78, 5) is 66.0. The molecule has 11 N–H and O–H groups in total. The number of H-pyrrole nitrogens is 1. The maximum absolute atomic E-state index is 13.6. The number of aliphatic carboxylic acids is 2. The van der Waals surface area contributed by atoms with E-state index < -0.39 is 60.2 Å². The highest BCUT2D eigenvalue weighted by atomic mass is 16.4. The van der Waals surface area contributed by atoms with E-state index in [1.807, 2.05) is 24.3 Å². The van der Waals surface area contributed by atoms with Crippen molar-refractivity contribution in [2.45, 2.75) is 69.1 Å². The van der Waals surface area contributed by atoms with Gasteiger partial charge >= 0.3 is 11.9 Å². The van der Waals surface area contributed by atoms with Crippen molar-refractivity contribution < 1.29 is 39.3 Å². The van der Waals surface area contributed by atoms with Gasteiger partial charge in [-0.2, -0.15) is 0 Å². The number of aromatic amines is 1. The first kappa shape index (κ1) is 34.5. The van der Waals surface area contributed by atoms with Gasteiger partial charge in [0.05, 0.1) is 6.04 Å². The van der Waals surface area contributed by atoms with Crippen molar-refractivity contribution in [3.05, 3.63) is 65.9 Å². The molecule has 0 aliphatic heterocycles. The third-order valence-electron chi connectivity index (χ3n) is 7.30. The number of aromatic nitrogens is 1. The Bertz CT molecular complexity index is 1470. The number of phenolic OH excluding ortho intramolecular Hbond substituents is 1. The van der Waals surface area contributed by atoms with E-state index in [1.54, 1.807) is 18.3 Å². The van der Waals surface area contributed by atoms with Crippen LogP contribution in [0.5, 0.6) is 5.75 Å². The second kappa shape index (κ2) is 16.8. The average Bonchev–Trinajstić information content (AvgIpc) is 3.41. The fourth-order valence-corrected chi connectivity index (χ4v) is 4.82. The molecule has 0 fully saturated rings. The van der Waals surface area contributed by atoms with Gasteiger partial charge in [0.1, 0.15) is 23.9 Å². The fourth-order valence-electron chi connectivity index (χ4n) is 4.82. The number of hydrogen-bond donors (Lipinski definition) is 9. The molecule has 0 spiro atoms. The molecule has 2 aromatic carbocycles. The molecule has 0 bridgehead atoms. The number of benzene rings is 2. The largest absolute Gasteiger partial charge is 0.508 e. The lowest BCUT2D eigenvalue weighted by Crippen LogP contribution is -2.57. The van der Waals surface area contributed by atoms with Gasteiger partial charge in [-0.3, -0.25) is 19.2 Å². The van der Waals surface area contributed by atoms with Gasteiger partial charge in [-0.15, -0.1) is 0 Å². The molecule has 1 heterocycles. The second-order valence-electron chi connectivity index (χ2n) is 10.8. The van der Waals surface area contributed by atoms with E-state index in [-0.39, 0.29) is 31.4 Å². The lowest BCUT2D eigenvalue weighted by atomic mass is 10.0. The lowest BCUT2D eigenvalue weighted by molar-refractivity contribution is -0.143. The van der Waals surface area contributed by atoms with Gasteiger partial charge in [0, 0.05) is 29.9 Å². The van der Waals surface area contributed by atoms with Crippen LogP contribution in [-0.4, -0.2) is 80.7 Å². The van der Waals surface area contributed by atoms with Crippen LogP contribution in [0.15, 0.2) is 54.7 Å². The molecular formula is C31H40N6O8. The molecular weight excluding hydrogens is 584 g/mol. The van der Waals surface area contributed by atoms with E-state index >= 15 is 0 Å². The van der Waals surface area contributed by atoms with Crippen LogP contribution < -0.4 is 27.4 Å². The van der Waals surface area contributed by atoms with Crippen molar-refractivity contribution in [2.24, 2.45) is 11.5 Å². The van der Waals surface area contributed by atoms with E-state index in [9.17, 15) is 34.2 Å². The highest BCUT2D eigenvalue weighted by molar-refractivity contribution is 5.95. The van der Waals surface area contributed by atoms with E-state index in [2.05, 4.69) is 20.9 Å². The van der Waals surface area contributed by atoms with Crippen LogP contribution in [-0.2, 0) is 36.8 Å². The van der Waals surface area contributed by atoms with Crippen molar-refractivity contribution in [2.75, 3.05) is 6.54 Å². The van der Waals surface area contributed by atoms with Crippen LogP contribution in [0, 0.1) is 0 Å². The first-order valence-corrected chi connectivity index (χ1v) is 14.6. The zero-order valence-corrected chi connectivity index (χ0v) is 24.7. The summed E-state index contributed by atoms with van der Waals surface area (Å²) in [5.74, 6) is -4.70. The third-order valence-corrected chi connectivity index (χ3v) is 7.30. The Morgan fingerprint density at radius 3 is 2.09 bits per heavy atom. The van der Waals surface area contributed by atoms with Gasteiger partial charge in [-0.25, -0.2) is 4.79 Å². The van der Waals surface area contributed by atoms with Gasteiger partial charge in [0.2, 0.25) is 17.7 Å². The first-order chi connectivity index (χ1) is 21.5. The summed E-state index contributed by atoms with van der Waals surface area (Å²) in [5.41, 5.74) is 13.9. The summed E-state index contributed by atoms with van der Waals surface area (Å²) in [6.45, 7) is 0.362. The van der Waals surface area contributed by atoms with Crippen molar-refractivity contribution in [1.82, 2.24) is 20.9 Å². The number of aromatic hydroxyl groups is 1. The molecule has 3 rings (SSSR count). The number of amides is 3. The van der Waals surface area contributed by atoms with Crippen molar-refractivity contribution in [1.29, 1.82) is 0 Å². The minimum absolute atomic E-state index is 0.0311. The van der Waals surface area contributed by atoms with E-state index in [1.165, 1.54) is 12.1 Å². The minimum atomic E-state index is -1.51. The van der Waals surface area contributed by atoms with Gasteiger partial charge in [-0.1, -0.05) is 30.3 Å². The number of rotatable bonds is 18. The maximum Gasteiger partial charge on any atom is 0.326 e. The van der Waals surface area contributed by atoms with E-state index in [0.717, 1.165) is 10.9 Å². The first-order valence-electron chi connectivity index (χ1n) is 14.6. The number of hydrogen-bond acceptors (Lipinski definition) is 8. The second-order valence-corrected chi connectivity index (χ2v) is 10.8. The summed E-state index contributed by atoms with van der Waals surface area (Å²) in [6, 6.07) is 8.61. The number of carboxylic acid groups (broad SMARTS) is 2.